The van der Waals surface area contributed by atoms with Gasteiger partial charge in [0.05, 0.1) is 23.1 Å². The van der Waals surface area contributed by atoms with Crippen LogP contribution in [0.25, 0.3) is 11.0 Å². The monoisotopic (exact) mass is 257 g/mol. The van der Waals surface area contributed by atoms with Gasteiger partial charge in [-0.3, -0.25) is 0 Å². The molecule has 5 heteroatoms. The average Bonchev–Trinajstić information content (AvgIpc) is 2.99. The summed E-state index contributed by atoms with van der Waals surface area (Å²) in [5.41, 5.74) is 1.25. The number of aromatic amines is 1. The quantitative estimate of drug-likeness (QED) is 0.766. The molecule has 0 unspecified atom stereocenters. The van der Waals surface area contributed by atoms with Crippen LogP contribution in [0.4, 0.5) is 0 Å². The third-order valence-corrected chi connectivity index (χ3v) is 3.12. The van der Waals surface area contributed by atoms with Crippen molar-refractivity contribution in [3.63, 3.8) is 0 Å². The molecule has 3 rings (SSSR count). The zero-order valence-electron chi connectivity index (χ0n) is 9.27. The summed E-state index contributed by atoms with van der Waals surface area (Å²) in [6.07, 6.45) is 3.93. The summed E-state index contributed by atoms with van der Waals surface area (Å²) < 4.78 is 5.67. The zero-order chi connectivity index (χ0) is 12.5. The Labute approximate surface area is 108 Å². The second-order valence-electron chi connectivity index (χ2n) is 3.87. The molecule has 88 valence electrons. The molecule has 4 nitrogen and oxygen atoms in total. The molecule has 1 aromatic carbocycles. The van der Waals surface area contributed by atoms with Crippen LogP contribution in [0.15, 0.2) is 35.0 Å². The highest BCUT2D eigenvalue weighted by atomic mass is 35.5. The van der Waals surface area contributed by atoms with Crippen molar-refractivity contribution >= 4 is 22.6 Å². The maximum atomic E-state index is 8.86. The molecule has 0 spiro atoms. The molecule has 0 aliphatic heterocycles. The average molecular weight is 258 g/mol. The fourth-order valence-corrected chi connectivity index (χ4v) is 2.10. The minimum atomic E-state index is 0.502. The molecule has 0 radical (unpaired) electrons. The minimum absolute atomic E-state index is 0.502. The number of fused-ring (bicyclic) bond motifs is 1. The summed E-state index contributed by atoms with van der Waals surface area (Å²) in [7, 11) is 0. The van der Waals surface area contributed by atoms with Crippen LogP contribution in [-0.4, -0.2) is 9.97 Å². The maximum absolute atomic E-state index is 8.86. The number of halogens is 1. The van der Waals surface area contributed by atoms with E-state index in [1.54, 1.807) is 30.6 Å². The van der Waals surface area contributed by atoms with E-state index in [1.165, 1.54) is 0 Å². The maximum Gasteiger partial charge on any atom is 0.135 e. The molecule has 1 N–H and O–H groups in total. The molecule has 18 heavy (non-hydrogen) atoms. The predicted octanol–water partition coefficient (Wildman–Crippen LogP) is 3.27. The van der Waals surface area contributed by atoms with Gasteiger partial charge in [-0.2, -0.15) is 5.26 Å². The molecule has 0 saturated heterocycles. The number of nitrogens with zero attached hydrogens (tertiary/aromatic N) is 2. The second kappa shape index (κ2) is 4.21. The van der Waals surface area contributed by atoms with E-state index < -0.39 is 0 Å². The highest BCUT2D eigenvalue weighted by Gasteiger charge is 2.14. The molecule has 2 heterocycles. The highest BCUT2D eigenvalue weighted by Crippen LogP contribution is 2.32. The zero-order valence-corrected chi connectivity index (χ0v) is 10.0. The Morgan fingerprint density at radius 1 is 1.44 bits per heavy atom. The summed E-state index contributed by atoms with van der Waals surface area (Å²) in [6.45, 7) is 0. The van der Waals surface area contributed by atoms with E-state index in [0.29, 0.717) is 28.4 Å². The van der Waals surface area contributed by atoms with E-state index in [-0.39, 0.29) is 0 Å². The van der Waals surface area contributed by atoms with Gasteiger partial charge in [-0.1, -0.05) is 11.6 Å². The van der Waals surface area contributed by atoms with Gasteiger partial charge in [0, 0.05) is 17.8 Å². The number of furan rings is 1. The number of benzene rings is 1. The molecule has 0 atom stereocenters. The summed E-state index contributed by atoms with van der Waals surface area (Å²) in [6, 6.07) is 7.27. The number of nitrogens with one attached hydrogen (secondary N) is 1. The van der Waals surface area contributed by atoms with Gasteiger partial charge in [0.15, 0.2) is 0 Å². The first-order chi connectivity index (χ1) is 8.78. The smallest absolute Gasteiger partial charge is 0.135 e. The summed E-state index contributed by atoms with van der Waals surface area (Å²) in [5, 5.41) is 10.2. The molecule has 2 aromatic heterocycles. The van der Waals surface area contributed by atoms with E-state index in [9.17, 15) is 0 Å². The fraction of sp³-hybridized carbons (Fsp3) is 0.0769. The van der Waals surface area contributed by atoms with Crippen molar-refractivity contribution in [1.82, 2.24) is 9.97 Å². The minimum Gasteiger partial charge on any atom is -0.459 e. The predicted molar refractivity (Wildman–Crippen MR) is 67.3 cm³/mol. The molecular formula is C13H8ClN3O. The van der Waals surface area contributed by atoms with Crippen molar-refractivity contribution < 1.29 is 4.42 Å². The van der Waals surface area contributed by atoms with E-state index >= 15 is 0 Å². The Morgan fingerprint density at radius 2 is 2.33 bits per heavy atom. The van der Waals surface area contributed by atoms with Crippen LogP contribution in [0.3, 0.4) is 0 Å². The summed E-state index contributed by atoms with van der Waals surface area (Å²) in [5.74, 6) is 1.44. The largest absolute Gasteiger partial charge is 0.459 e. The third kappa shape index (κ3) is 1.75. The lowest BCUT2D eigenvalue weighted by molar-refractivity contribution is 0.559. The van der Waals surface area contributed by atoms with Gasteiger partial charge >= 0.3 is 0 Å². The molecular weight excluding hydrogens is 250 g/mol. The number of rotatable bonds is 2. The van der Waals surface area contributed by atoms with Crippen molar-refractivity contribution in [1.29, 1.82) is 5.26 Å². The van der Waals surface area contributed by atoms with Gasteiger partial charge < -0.3 is 9.40 Å². The Kier molecular flexibility index (Phi) is 2.54. The van der Waals surface area contributed by atoms with Crippen molar-refractivity contribution in [3.8, 4) is 6.07 Å². The van der Waals surface area contributed by atoms with Crippen LogP contribution < -0.4 is 0 Å². The Morgan fingerprint density at radius 3 is 3.06 bits per heavy atom. The van der Waals surface area contributed by atoms with Crippen LogP contribution in [0.1, 0.15) is 17.1 Å². The third-order valence-electron chi connectivity index (χ3n) is 2.71. The number of hydrogen-bond acceptors (Lipinski definition) is 3. The number of nitriles is 1. The Bertz CT molecular complexity index is 738. The van der Waals surface area contributed by atoms with Gasteiger partial charge in [-0.25, -0.2) is 4.98 Å². The van der Waals surface area contributed by atoms with Crippen molar-refractivity contribution in [2.24, 2.45) is 0 Å². The van der Waals surface area contributed by atoms with Gasteiger partial charge in [0.1, 0.15) is 17.2 Å². The number of hydrogen-bond donors (Lipinski definition) is 1. The first-order valence-corrected chi connectivity index (χ1v) is 5.75. The van der Waals surface area contributed by atoms with Crippen molar-refractivity contribution in [2.45, 2.75) is 6.42 Å². The van der Waals surface area contributed by atoms with Crippen LogP contribution >= 0.6 is 11.6 Å². The molecule has 0 aliphatic rings. The van der Waals surface area contributed by atoms with Crippen molar-refractivity contribution in [2.75, 3.05) is 0 Å². The molecule has 0 bridgehead atoms. The Hall–Kier alpha value is -2.25. The summed E-state index contributed by atoms with van der Waals surface area (Å²) >= 11 is 6.26. The van der Waals surface area contributed by atoms with E-state index in [2.05, 4.69) is 16.0 Å². The number of H-pyrrole nitrogens is 1. The Balaban J connectivity index is 2.09. The molecule has 3 aromatic rings. The fourth-order valence-electron chi connectivity index (χ4n) is 1.85. The lowest BCUT2D eigenvalue weighted by atomic mass is 10.1. The highest BCUT2D eigenvalue weighted by molar-refractivity contribution is 6.36. The standard InChI is InChI=1S/C13H8ClN3O/c14-13-9-5-8(7-15)1-2-10(9)18-11(13)6-12-16-3-4-17-12/h1-5H,6H2,(H,16,17). The van der Waals surface area contributed by atoms with Gasteiger partial charge in [-0.15, -0.1) is 0 Å². The molecule has 0 fully saturated rings. The lowest BCUT2D eigenvalue weighted by Gasteiger charge is -1.93. The number of aromatic nitrogens is 2. The topological polar surface area (TPSA) is 65.6 Å². The first-order valence-electron chi connectivity index (χ1n) is 5.37. The summed E-state index contributed by atoms with van der Waals surface area (Å²) in [4.78, 5) is 7.13. The van der Waals surface area contributed by atoms with Gasteiger partial charge in [0.25, 0.3) is 0 Å². The van der Waals surface area contributed by atoms with E-state index in [0.717, 1.165) is 11.2 Å². The lowest BCUT2D eigenvalue weighted by Crippen LogP contribution is -1.88. The number of imidazole rings is 1. The first kappa shape index (κ1) is 10.9. The molecule has 0 aliphatic carbocycles. The van der Waals surface area contributed by atoms with Crippen LogP contribution in [0.5, 0.6) is 0 Å². The second-order valence-corrected chi connectivity index (χ2v) is 4.25. The van der Waals surface area contributed by atoms with Crippen LogP contribution in [0, 0.1) is 11.3 Å². The molecule has 0 saturated carbocycles. The molecule has 0 amide bonds. The normalized spacial score (nSPS) is 10.7. The van der Waals surface area contributed by atoms with Gasteiger partial charge in [0.2, 0.25) is 0 Å². The van der Waals surface area contributed by atoms with E-state index in [4.69, 9.17) is 21.3 Å². The van der Waals surface area contributed by atoms with Gasteiger partial charge in [-0.05, 0) is 18.2 Å². The van der Waals surface area contributed by atoms with Crippen molar-refractivity contribution in [3.05, 3.63) is 52.8 Å². The van der Waals surface area contributed by atoms with Crippen LogP contribution in [-0.2, 0) is 6.42 Å². The van der Waals surface area contributed by atoms with E-state index in [1.807, 2.05) is 0 Å². The van der Waals surface area contributed by atoms with Crippen LogP contribution in [0.2, 0.25) is 5.02 Å². The SMILES string of the molecule is N#Cc1ccc2oc(Cc3ncc[nH]3)c(Cl)c2c1.